The number of benzene rings is 1. The molecule has 0 heterocycles. The summed E-state index contributed by atoms with van der Waals surface area (Å²) >= 11 is 0. The van der Waals surface area contributed by atoms with Crippen LogP contribution < -0.4 is 4.74 Å². The van der Waals surface area contributed by atoms with Gasteiger partial charge in [0.2, 0.25) is 5.82 Å². The van der Waals surface area contributed by atoms with Gasteiger partial charge in [0.15, 0.2) is 11.6 Å². The van der Waals surface area contributed by atoms with Crippen LogP contribution in [0.2, 0.25) is 0 Å². The number of halogens is 2. The fourth-order valence-corrected chi connectivity index (χ4v) is 6.32. The van der Waals surface area contributed by atoms with Gasteiger partial charge in [0.05, 0.1) is 0 Å². The molecule has 3 aliphatic rings. The molecule has 0 bridgehead atoms. The van der Waals surface area contributed by atoms with Crippen molar-refractivity contribution in [2.75, 3.05) is 6.61 Å². The van der Waals surface area contributed by atoms with Crippen molar-refractivity contribution in [3.05, 3.63) is 40.5 Å². The Kier molecular flexibility index (Phi) is 7.16. The summed E-state index contributed by atoms with van der Waals surface area (Å²) in [5.41, 5.74) is 2.23. The van der Waals surface area contributed by atoms with Crippen molar-refractivity contribution in [2.45, 2.75) is 90.9 Å². The van der Waals surface area contributed by atoms with E-state index >= 15 is 0 Å². The van der Waals surface area contributed by atoms with Crippen LogP contribution >= 0.6 is 0 Å². The molecule has 1 aromatic rings. The van der Waals surface area contributed by atoms with Crippen molar-refractivity contribution >= 4 is 0 Å². The van der Waals surface area contributed by atoms with Crippen molar-refractivity contribution in [1.29, 1.82) is 0 Å². The van der Waals surface area contributed by atoms with Gasteiger partial charge in [-0.3, -0.25) is 0 Å². The summed E-state index contributed by atoms with van der Waals surface area (Å²) in [5.74, 6) is 2.13. The molecule has 1 unspecified atom stereocenters. The van der Waals surface area contributed by atoms with E-state index in [9.17, 15) is 8.78 Å². The zero-order valence-electron chi connectivity index (χ0n) is 18.8. The quantitative estimate of drug-likeness (QED) is 0.426. The van der Waals surface area contributed by atoms with E-state index in [0.29, 0.717) is 17.7 Å². The Bertz CT molecular complexity index is 755. The molecule has 0 amide bonds. The third-order valence-corrected chi connectivity index (χ3v) is 8.18. The highest BCUT2D eigenvalue weighted by Gasteiger charge is 2.30. The Morgan fingerprint density at radius 3 is 2.20 bits per heavy atom. The lowest BCUT2D eigenvalue weighted by Gasteiger charge is -2.36. The Labute approximate surface area is 181 Å². The van der Waals surface area contributed by atoms with Gasteiger partial charge < -0.3 is 4.74 Å². The third-order valence-electron chi connectivity index (χ3n) is 8.18. The van der Waals surface area contributed by atoms with Gasteiger partial charge in [-0.1, -0.05) is 44.6 Å². The molecule has 0 aromatic heterocycles. The van der Waals surface area contributed by atoms with Gasteiger partial charge in [0, 0.05) is 0 Å². The molecule has 30 heavy (non-hydrogen) atoms. The van der Waals surface area contributed by atoms with E-state index in [1.54, 1.807) is 19.9 Å². The third kappa shape index (κ3) is 5.08. The molecule has 0 spiro atoms. The first-order valence-electron chi connectivity index (χ1n) is 12.3. The standard InChI is InChI=1S/C27H38F2O/c1-18-15-19(2)27(26(29)25(18)28)30-17-22-9-13-24(14-10-22)23-11-7-21(8-12-23)16-20-5-3-4-6-20/h9,15,20-21,23-24H,3-8,10-14,16-17H2,1-2H3. The number of hydrogen-bond donors (Lipinski definition) is 0. The molecule has 4 rings (SSSR count). The SMILES string of the molecule is Cc1cc(C)c(OCC2=CCC(C3CCC(CC4CCCC4)CC3)CC2)c(F)c1F. The molecule has 0 radical (unpaired) electrons. The number of ether oxygens (including phenoxy) is 1. The molecule has 1 atom stereocenters. The Morgan fingerprint density at radius 2 is 1.53 bits per heavy atom. The lowest BCUT2D eigenvalue weighted by Crippen LogP contribution is -2.24. The summed E-state index contributed by atoms with van der Waals surface area (Å²) in [6.07, 6.45) is 18.8. The van der Waals surface area contributed by atoms with E-state index in [4.69, 9.17) is 4.74 Å². The van der Waals surface area contributed by atoms with Crippen LogP contribution in [0.25, 0.3) is 0 Å². The minimum Gasteiger partial charge on any atom is -0.486 e. The second-order valence-corrected chi connectivity index (χ2v) is 10.3. The molecule has 2 fully saturated rings. The van der Waals surface area contributed by atoms with Crippen LogP contribution in [0.4, 0.5) is 8.78 Å². The summed E-state index contributed by atoms with van der Waals surface area (Å²) in [6, 6.07) is 1.65. The number of rotatable bonds is 6. The monoisotopic (exact) mass is 416 g/mol. The molecule has 166 valence electrons. The average molecular weight is 417 g/mol. The van der Waals surface area contributed by atoms with Gasteiger partial charge in [-0.25, -0.2) is 4.39 Å². The van der Waals surface area contributed by atoms with E-state index in [-0.39, 0.29) is 5.75 Å². The highest BCUT2D eigenvalue weighted by molar-refractivity contribution is 5.38. The van der Waals surface area contributed by atoms with E-state index in [1.165, 1.54) is 69.8 Å². The minimum absolute atomic E-state index is 0.0710. The molecule has 3 heteroatoms. The first-order valence-corrected chi connectivity index (χ1v) is 12.3. The Morgan fingerprint density at radius 1 is 0.833 bits per heavy atom. The van der Waals surface area contributed by atoms with E-state index < -0.39 is 11.6 Å². The topological polar surface area (TPSA) is 9.23 Å². The lowest BCUT2D eigenvalue weighted by molar-refractivity contribution is 0.174. The number of allylic oxidation sites excluding steroid dienone is 1. The lowest BCUT2D eigenvalue weighted by atomic mass is 9.70. The van der Waals surface area contributed by atoms with Crippen LogP contribution in [-0.2, 0) is 0 Å². The van der Waals surface area contributed by atoms with Crippen molar-refractivity contribution in [3.63, 3.8) is 0 Å². The smallest absolute Gasteiger partial charge is 0.201 e. The number of aryl methyl sites for hydroxylation is 2. The zero-order chi connectivity index (χ0) is 21.1. The predicted molar refractivity (Wildman–Crippen MR) is 119 cm³/mol. The van der Waals surface area contributed by atoms with Gasteiger partial charge in [-0.2, -0.15) is 4.39 Å². The fourth-order valence-electron chi connectivity index (χ4n) is 6.32. The minimum atomic E-state index is -0.851. The summed E-state index contributed by atoms with van der Waals surface area (Å²) in [7, 11) is 0. The maximum Gasteiger partial charge on any atom is 0.201 e. The molecular formula is C27H38F2O. The van der Waals surface area contributed by atoms with E-state index in [2.05, 4.69) is 6.08 Å². The van der Waals surface area contributed by atoms with Gasteiger partial charge in [0.1, 0.15) is 6.61 Å². The highest BCUT2D eigenvalue weighted by Crippen LogP contribution is 2.43. The Balaban J connectivity index is 1.24. The van der Waals surface area contributed by atoms with Gasteiger partial charge >= 0.3 is 0 Å². The molecule has 1 aromatic carbocycles. The fraction of sp³-hybridized carbons (Fsp3) is 0.704. The molecule has 0 saturated heterocycles. The molecule has 3 aliphatic carbocycles. The van der Waals surface area contributed by atoms with E-state index in [0.717, 1.165) is 36.5 Å². The Hall–Kier alpha value is -1.38. The van der Waals surface area contributed by atoms with Crippen molar-refractivity contribution < 1.29 is 13.5 Å². The molecule has 1 nitrogen and oxygen atoms in total. The summed E-state index contributed by atoms with van der Waals surface area (Å²) in [5, 5.41) is 0. The largest absolute Gasteiger partial charge is 0.486 e. The zero-order valence-corrected chi connectivity index (χ0v) is 18.8. The number of hydrogen-bond acceptors (Lipinski definition) is 1. The molecular weight excluding hydrogens is 378 g/mol. The van der Waals surface area contributed by atoms with Crippen LogP contribution in [0.1, 0.15) is 88.2 Å². The predicted octanol–water partition coefficient (Wildman–Crippen LogP) is 8.07. The van der Waals surface area contributed by atoms with Crippen LogP contribution in [0.5, 0.6) is 5.75 Å². The average Bonchev–Trinajstić information content (AvgIpc) is 3.26. The second kappa shape index (κ2) is 9.83. The first-order chi connectivity index (χ1) is 14.5. The first kappa shape index (κ1) is 21.8. The normalized spacial score (nSPS) is 27.9. The molecule has 2 saturated carbocycles. The maximum absolute atomic E-state index is 14.2. The van der Waals surface area contributed by atoms with Gasteiger partial charge in [-0.15, -0.1) is 0 Å². The van der Waals surface area contributed by atoms with Crippen LogP contribution in [-0.4, -0.2) is 6.61 Å². The van der Waals surface area contributed by atoms with Crippen LogP contribution in [0.15, 0.2) is 17.7 Å². The second-order valence-electron chi connectivity index (χ2n) is 10.3. The van der Waals surface area contributed by atoms with Crippen molar-refractivity contribution in [1.82, 2.24) is 0 Å². The van der Waals surface area contributed by atoms with Gasteiger partial charge in [0.25, 0.3) is 0 Å². The molecule has 0 N–H and O–H groups in total. The molecule has 0 aliphatic heterocycles. The van der Waals surface area contributed by atoms with Gasteiger partial charge in [-0.05, 0) is 98.8 Å². The summed E-state index contributed by atoms with van der Waals surface area (Å²) in [6.45, 7) is 3.74. The van der Waals surface area contributed by atoms with Crippen molar-refractivity contribution in [2.24, 2.45) is 23.7 Å². The highest BCUT2D eigenvalue weighted by atomic mass is 19.2. The van der Waals surface area contributed by atoms with Crippen LogP contribution in [0.3, 0.4) is 0 Å². The van der Waals surface area contributed by atoms with E-state index in [1.807, 2.05) is 0 Å². The maximum atomic E-state index is 14.2. The summed E-state index contributed by atoms with van der Waals surface area (Å²) in [4.78, 5) is 0. The summed E-state index contributed by atoms with van der Waals surface area (Å²) < 4.78 is 33.8. The van der Waals surface area contributed by atoms with Crippen molar-refractivity contribution in [3.8, 4) is 5.75 Å². The van der Waals surface area contributed by atoms with Crippen LogP contribution in [0, 0.1) is 49.2 Å².